The number of anilines is 1. The molecule has 0 aliphatic carbocycles. The van der Waals surface area contributed by atoms with Crippen LogP contribution in [0.25, 0.3) is 0 Å². The molecule has 1 unspecified atom stereocenters. The summed E-state index contributed by atoms with van der Waals surface area (Å²) in [6.45, 7) is 2.57. The number of nitrogens with one attached hydrogen (secondary N) is 2. The predicted octanol–water partition coefficient (Wildman–Crippen LogP) is 2.36. The number of amides is 2. The summed E-state index contributed by atoms with van der Waals surface area (Å²) in [7, 11) is 0. The molecule has 1 aromatic carbocycles. The van der Waals surface area contributed by atoms with Crippen molar-refractivity contribution in [3.63, 3.8) is 0 Å². The van der Waals surface area contributed by atoms with Crippen molar-refractivity contribution >= 4 is 11.7 Å². The molecule has 3 N–H and O–H groups in total. The Balaban J connectivity index is 2.40. The van der Waals surface area contributed by atoms with E-state index in [-0.39, 0.29) is 18.2 Å². The number of hydrogen-bond donors (Lipinski definition) is 3. The first-order chi connectivity index (χ1) is 8.67. The van der Waals surface area contributed by atoms with Crippen LogP contribution in [0.4, 0.5) is 14.9 Å². The van der Waals surface area contributed by atoms with Gasteiger partial charge in [-0.1, -0.05) is 25.5 Å². The van der Waals surface area contributed by atoms with E-state index in [1.54, 1.807) is 12.1 Å². The van der Waals surface area contributed by atoms with Crippen molar-refractivity contribution in [2.24, 2.45) is 5.92 Å². The lowest BCUT2D eigenvalue weighted by atomic mass is 10.0. The van der Waals surface area contributed by atoms with E-state index in [9.17, 15) is 9.18 Å². The van der Waals surface area contributed by atoms with Crippen LogP contribution in [0.5, 0.6) is 0 Å². The van der Waals surface area contributed by atoms with E-state index in [1.807, 2.05) is 6.92 Å². The van der Waals surface area contributed by atoms with Crippen molar-refractivity contribution in [2.75, 3.05) is 18.5 Å². The number of carbonyl (C=O) groups is 1. The van der Waals surface area contributed by atoms with E-state index in [4.69, 9.17) is 5.11 Å². The van der Waals surface area contributed by atoms with Crippen LogP contribution in [0.2, 0.25) is 0 Å². The summed E-state index contributed by atoms with van der Waals surface area (Å²) in [6.07, 6.45) is 1.52. The zero-order valence-electron chi connectivity index (χ0n) is 10.4. The van der Waals surface area contributed by atoms with Gasteiger partial charge < -0.3 is 15.7 Å². The Morgan fingerprint density at radius 2 is 2.17 bits per heavy atom. The fourth-order valence-corrected chi connectivity index (χ4v) is 1.60. The highest BCUT2D eigenvalue weighted by atomic mass is 19.1. The molecular weight excluding hydrogens is 235 g/mol. The lowest BCUT2D eigenvalue weighted by molar-refractivity contribution is 0.238. The molecule has 0 aromatic heterocycles. The summed E-state index contributed by atoms with van der Waals surface area (Å²) in [4.78, 5) is 11.5. The van der Waals surface area contributed by atoms with Gasteiger partial charge in [0.15, 0.2) is 0 Å². The maximum Gasteiger partial charge on any atom is 0.319 e. The number of urea groups is 1. The molecule has 0 saturated carbocycles. The molecule has 1 aromatic rings. The van der Waals surface area contributed by atoms with E-state index in [0.717, 1.165) is 6.42 Å². The van der Waals surface area contributed by atoms with Crippen LogP contribution >= 0.6 is 0 Å². The molecule has 1 rings (SSSR count). The summed E-state index contributed by atoms with van der Waals surface area (Å²) in [6, 6.07) is 5.57. The Morgan fingerprint density at radius 3 is 2.78 bits per heavy atom. The smallest absolute Gasteiger partial charge is 0.319 e. The third-order valence-electron chi connectivity index (χ3n) is 2.79. The molecule has 2 amide bonds. The molecule has 100 valence electrons. The molecule has 5 heteroatoms. The summed E-state index contributed by atoms with van der Waals surface area (Å²) in [5.74, 6) is -0.226. The lowest BCUT2D eigenvalue weighted by Crippen LogP contribution is -2.33. The van der Waals surface area contributed by atoms with Crippen LogP contribution in [0.15, 0.2) is 24.3 Å². The molecule has 0 heterocycles. The van der Waals surface area contributed by atoms with Crippen LogP contribution in [-0.4, -0.2) is 24.3 Å². The van der Waals surface area contributed by atoms with Gasteiger partial charge in [0, 0.05) is 13.2 Å². The number of hydrogen-bond acceptors (Lipinski definition) is 2. The van der Waals surface area contributed by atoms with Crippen molar-refractivity contribution in [1.29, 1.82) is 0 Å². The number of aliphatic hydroxyl groups excluding tert-OH is 1. The van der Waals surface area contributed by atoms with Gasteiger partial charge in [0.1, 0.15) is 5.82 Å². The normalized spacial score (nSPS) is 11.9. The molecule has 4 nitrogen and oxygen atoms in total. The molecule has 1 atom stereocenters. The van der Waals surface area contributed by atoms with Gasteiger partial charge in [-0.3, -0.25) is 0 Å². The van der Waals surface area contributed by atoms with Crippen LogP contribution in [0.1, 0.15) is 19.8 Å². The Morgan fingerprint density at radius 1 is 1.44 bits per heavy atom. The molecule has 0 aliphatic heterocycles. The fourth-order valence-electron chi connectivity index (χ4n) is 1.60. The van der Waals surface area contributed by atoms with E-state index in [0.29, 0.717) is 13.0 Å². The van der Waals surface area contributed by atoms with Crippen molar-refractivity contribution in [3.8, 4) is 0 Å². The summed E-state index contributed by atoms with van der Waals surface area (Å²) < 4.78 is 13.3. The van der Waals surface area contributed by atoms with Gasteiger partial charge in [-0.05, 0) is 24.5 Å². The second-order valence-corrected chi connectivity index (χ2v) is 4.10. The van der Waals surface area contributed by atoms with Gasteiger partial charge in [-0.25, -0.2) is 9.18 Å². The average molecular weight is 254 g/mol. The van der Waals surface area contributed by atoms with Gasteiger partial charge >= 0.3 is 6.03 Å². The Kier molecular flexibility index (Phi) is 6.14. The third-order valence-corrected chi connectivity index (χ3v) is 2.79. The van der Waals surface area contributed by atoms with Crippen molar-refractivity contribution in [2.45, 2.75) is 19.8 Å². The number of rotatable bonds is 6. The zero-order valence-corrected chi connectivity index (χ0v) is 10.4. The van der Waals surface area contributed by atoms with Crippen LogP contribution in [0, 0.1) is 11.7 Å². The maximum atomic E-state index is 13.3. The zero-order chi connectivity index (χ0) is 13.4. The number of para-hydroxylation sites is 1. The van der Waals surface area contributed by atoms with Crippen molar-refractivity contribution in [3.05, 3.63) is 30.1 Å². The standard InChI is InChI=1S/C13H19FN2O2/c1-2-10(7-8-17)9-15-13(18)16-12-6-4-3-5-11(12)14/h3-6,10,17H,2,7-9H2,1H3,(H2,15,16,18). The highest BCUT2D eigenvalue weighted by Crippen LogP contribution is 2.12. The van der Waals surface area contributed by atoms with E-state index >= 15 is 0 Å². The Hall–Kier alpha value is -1.62. The molecule has 0 radical (unpaired) electrons. The SMILES string of the molecule is CCC(CCO)CNC(=O)Nc1ccccc1F. The monoisotopic (exact) mass is 254 g/mol. The van der Waals surface area contributed by atoms with E-state index in [2.05, 4.69) is 10.6 Å². The van der Waals surface area contributed by atoms with Crippen molar-refractivity contribution < 1.29 is 14.3 Å². The molecule has 0 bridgehead atoms. The Bertz CT molecular complexity index is 385. The second kappa shape index (κ2) is 7.66. The first-order valence-electron chi connectivity index (χ1n) is 6.07. The number of aliphatic hydroxyl groups is 1. The molecular formula is C13H19FN2O2. The van der Waals surface area contributed by atoms with E-state index in [1.165, 1.54) is 12.1 Å². The highest BCUT2D eigenvalue weighted by molar-refractivity contribution is 5.89. The number of carbonyl (C=O) groups excluding carboxylic acids is 1. The van der Waals surface area contributed by atoms with Crippen LogP contribution in [-0.2, 0) is 0 Å². The molecule has 0 fully saturated rings. The second-order valence-electron chi connectivity index (χ2n) is 4.10. The number of benzene rings is 1. The largest absolute Gasteiger partial charge is 0.396 e. The number of halogens is 1. The first kappa shape index (κ1) is 14.4. The molecule has 0 aliphatic rings. The van der Waals surface area contributed by atoms with E-state index < -0.39 is 11.8 Å². The van der Waals surface area contributed by atoms with Crippen LogP contribution in [0.3, 0.4) is 0 Å². The van der Waals surface area contributed by atoms with Gasteiger partial charge in [-0.2, -0.15) is 0 Å². The average Bonchev–Trinajstić information content (AvgIpc) is 2.37. The van der Waals surface area contributed by atoms with Gasteiger partial charge in [0.25, 0.3) is 0 Å². The quantitative estimate of drug-likeness (QED) is 0.729. The van der Waals surface area contributed by atoms with Gasteiger partial charge in [0.2, 0.25) is 0 Å². The molecule has 0 spiro atoms. The maximum absolute atomic E-state index is 13.3. The minimum absolute atomic E-state index is 0.106. The predicted molar refractivity (Wildman–Crippen MR) is 68.9 cm³/mol. The summed E-state index contributed by atoms with van der Waals surface area (Å²) in [5.41, 5.74) is 0.158. The first-order valence-corrected chi connectivity index (χ1v) is 6.07. The topological polar surface area (TPSA) is 61.4 Å². The third kappa shape index (κ3) is 4.71. The fraction of sp³-hybridized carbons (Fsp3) is 0.462. The van der Waals surface area contributed by atoms with Gasteiger partial charge in [-0.15, -0.1) is 0 Å². The van der Waals surface area contributed by atoms with Gasteiger partial charge in [0.05, 0.1) is 5.69 Å². The van der Waals surface area contributed by atoms with Crippen LogP contribution < -0.4 is 10.6 Å². The highest BCUT2D eigenvalue weighted by Gasteiger charge is 2.09. The molecule has 18 heavy (non-hydrogen) atoms. The van der Waals surface area contributed by atoms with Crippen molar-refractivity contribution in [1.82, 2.24) is 5.32 Å². The minimum atomic E-state index is -0.463. The Labute approximate surface area is 106 Å². The molecule has 0 saturated heterocycles. The minimum Gasteiger partial charge on any atom is -0.396 e. The summed E-state index contributed by atoms with van der Waals surface area (Å²) >= 11 is 0. The summed E-state index contributed by atoms with van der Waals surface area (Å²) in [5, 5.41) is 13.9. The lowest BCUT2D eigenvalue weighted by Gasteiger charge is -2.14.